The third-order valence-corrected chi connectivity index (χ3v) is 4.46. The van der Waals surface area contributed by atoms with Crippen molar-refractivity contribution in [2.75, 3.05) is 29.1 Å². The summed E-state index contributed by atoms with van der Waals surface area (Å²) >= 11 is 0. The monoisotopic (exact) mass is 379 g/mol. The number of nitrogens with zero attached hydrogens (tertiary/aromatic N) is 1. The number of nitrogens with two attached hydrogens (primary N) is 1. The van der Waals surface area contributed by atoms with E-state index >= 15 is 0 Å². The van der Waals surface area contributed by atoms with Gasteiger partial charge in [-0.05, 0) is 54.8 Å². The predicted octanol–water partition coefficient (Wildman–Crippen LogP) is 4.42. The van der Waals surface area contributed by atoms with Gasteiger partial charge in [-0.15, -0.1) is 0 Å². The summed E-state index contributed by atoms with van der Waals surface area (Å²) in [4.78, 5) is 13.5. The molecule has 0 atom stereocenters. The number of ether oxygens (including phenoxy) is 1. The number of amides is 1. The molecule has 27 heavy (non-hydrogen) atoms. The number of nitrogens with one attached hydrogen (secondary N) is 1. The Morgan fingerprint density at radius 3 is 2.67 bits per heavy atom. The minimum atomic E-state index is -4.36. The second-order valence-corrected chi connectivity index (χ2v) is 6.27. The van der Waals surface area contributed by atoms with Crippen molar-refractivity contribution in [2.45, 2.75) is 26.1 Å². The third-order valence-electron chi connectivity index (χ3n) is 4.46. The lowest BCUT2D eigenvalue weighted by Gasteiger charge is -2.31. The molecule has 3 N–H and O–H groups in total. The maximum absolute atomic E-state index is 13.0. The molecule has 0 unspecified atom stereocenters. The Morgan fingerprint density at radius 2 is 2.00 bits per heavy atom. The van der Waals surface area contributed by atoms with Gasteiger partial charge in [0.05, 0.1) is 23.5 Å². The van der Waals surface area contributed by atoms with Crippen LogP contribution in [0.2, 0.25) is 0 Å². The van der Waals surface area contributed by atoms with E-state index in [1.807, 2.05) is 4.90 Å². The lowest BCUT2D eigenvalue weighted by atomic mass is 9.96. The topological polar surface area (TPSA) is 67.6 Å². The molecule has 0 saturated heterocycles. The maximum atomic E-state index is 13.0. The van der Waals surface area contributed by atoms with E-state index in [2.05, 4.69) is 5.32 Å². The molecule has 1 aliphatic heterocycles. The molecule has 2 aromatic carbocycles. The molecule has 3 rings (SSSR count). The van der Waals surface area contributed by atoms with Crippen molar-refractivity contribution in [3.05, 3.63) is 53.1 Å². The molecule has 0 radical (unpaired) electrons. The predicted molar refractivity (Wildman–Crippen MR) is 97.7 cm³/mol. The van der Waals surface area contributed by atoms with Gasteiger partial charge >= 0.3 is 12.3 Å². The van der Waals surface area contributed by atoms with Crippen LogP contribution in [-0.4, -0.2) is 19.2 Å². The number of hydrogen-bond donors (Lipinski definition) is 2. The molecule has 8 heteroatoms. The molecule has 0 bridgehead atoms. The molecule has 2 aromatic rings. The summed E-state index contributed by atoms with van der Waals surface area (Å²) in [6, 6.07) is 9.01. The molecule has 0 spiro atoms. The number of alkyl halides is 3. The van der Waals surface area contributed by atoms with E-state index in [1.54, 1.807) is 31.2 Å². The van der Waals surface area contributed by atoms with Gasteiger partial charge < -0.3 is 15.4 Å². The van der Waals surface area contributed by atoms with E-state index in [0.717, 1.165) is 17.3 Å². The number of benzene rings is 2. The highest BCUT2D eigenvalue weighted by atomic mass is 19.4. The largest absolute Gasteiger partial charge is 0.450 e. The number of carbonyl (C=O) groups excluding carboxylic acids is 1. The second-order valence-electron chi connectivity index (χ2n) is 6.27. The fourth-order valence-corrected chi connectivity index (χ4v) is 3.09. The Morgan fingerprint density at radius 1 is 1.22 bits per heavy atom. The summed E-state index contributed by atoms with van der Waals surface area (Å²) in [7, 11) is 0. The van der Waals surface area contributed by atoms with Crippen molar-refractivity contribution < 1.29 is 22.7 Å². The number of rotatable bonds is 3. The molecule has 1 heterocycles. The van der Waals surface area contributed by atoms with Crippen LogP contribution < -0.4 is 16.0 Å². The molecule has 5 nitrogen and oxygen atoms in total. The SMILES string of the molecule is CCOC(=O)Nc1ccc(N2CCc3ccc(C(F)(F)F)cc3C2)cc1N. The van der Waals surface area contributed by atoms with Crippen molar-refractivity contribution in [2.24, 2.45) is 0 Å². The van der Waals surface area contributed by atoms with Crippen LogP contribution in [0.15, 0.2) is 36.4 Å². The molecule has 144 valence electrons. The van der Waals surface area contributed by atoms with Gasteiger partial charge in [0.15, 0.2) is 0 Å². The van der Waals surface area contributed by atoms with Crippen LogP contribution in [0, 0.1) is 0 Å². The zero-order valence-corrected chi connectivity index (χ0v) is 14.8. The molecule has 1 aliphatic rings. The summed E-state index contributed by atoms with van der Waals surface area (Å²) in [6.45, 7) is 2.98. The Balaban J connectivity index is 1.78. The lowest BCUT2D eigenvalue weighted by molar-refractivity contribution is -0.137. The molecule has 0 aliphatic carbocycles. The smallest absolute Gasteiger partial charge is 0.416 e. The van der Waals surface area contributed by atoms with Gasteiger partial charge in [-0.1, -0.05) is 6.07 Å². The first kappa shape index (κ1) is 18.9. The van der Waals surface area contributed by atoms with Crippen LogP contribution in [0.3, 0.4) is 0 Å². The van der Waals surface area contributed by atoms with Gasteiger partial charge in [0.2, 0.25) is 0 Å². The first-order valence-electron chi connectivity index (χ1n) is 8.55. The number of carbonyl (C=O) groups is 1. The van der Waals surface area contributed by atoms with Crippen LogP contribution in [0.4, 0.5) is 35.0 Å². The molecule has 1 amide bonds. The van der Waals surface area contributed by atoms with Crippen LogP contribution in [0.5, 0.6) is 0 Å². The molecule has 0 saturated carbocycles. The fraction of sp³-hybridized carbons (Fsp3) is 0.316. The van der Waals surface area contributed by atoms with Gasteiger partial charge in [-0.3, -0.25) is 5.32 Å². The highest BCUT2D eigenvalue weighted by Crippen LogP contribution is 2.34. The molecular weight excluding hydrogens is 359 g/mol. The Hall–Kier alpha value is -2.90. The normalized spacial score (nSPS) is 13.9. The van der Waals surface area contributed by atoms with Crippen molar-refractivity contribution >= 4 is 23.2 Å². The minimum Gasteiger partial charge on any atom is -0.450 e. The highest BCUT2D eigenvalue weighted by molar-refractivity contribution is 5.89. The van der Waals surface area contributed by atoms with Crippen LogP contribution in [0.1, 0.15) is 23.6 Å². The van der Waals surface area contributed by atoms with Crippen LogP contribution >= 0.6 is 0 Å². The first-order chi connectivity index (χ1) is 12.8. The van der Waals surface area contributed by atoms with Gasteiger partial charge in [0.1, 0.15) is 0 Å². The van der Waals surface area contributed by atoms with Crippen molar-refractivity contribution in [1.82, 2.24) is 0 Å². The summed E-state index contributed by atoms with van der Waals surface area (Å²) in [5.41, 5.74) is 8.50. The second kappa shape index (κ2) is 7.38. The van der Waals surface area contributed by atoms with E-state index < -0.39 is 17.8 Å². The number of anilines is 3. The van der Waals surface area contributed by atoms with Crippen molar-refractivity contribution in [1.29, 1.82) is 0 Å². The Kier molecular flexibility index (Phi) is 5.16. The van der Waals surface area contributed by atoms with Crippen LogP contribution in [-0.2, 0) is 23.9 Å². The van der Waals surface area contributed by atoms with Gasteiger partial charge in [0, 0.05) is 18.8 Å². The average Bonchev–Trinajstić information content (AvgIpc) is 2.62. The van der Waals surface area contributed by atoms with E-state index in [-0.39, 0.29) is 6.61 Å². The number of nitrogen functional groups attached to an aromatic ring is 1. The zero-order chi connectivity index (χ0) is 19.6. The van der Waals surface area contributed by atoms with Crippen molar-refractivity contribution in [3.63, 3.8) is 0 Å². The summed E-state index contributed by atoms with van der Waals surface area (Å²) < 4.78 is 43.7. The Labute approximate surface area is 154 Å². The van der Waals surface area contributed by atoms with Gasteiger partial charge in [-0.2, -0.15) is 13.2 Å². The van der Waals surface area contributed by atoms with Gasteiger partial charge in [0.25, 0.3) is 0 Å². The highest BCUT2D eigenvalue weighted by Gasteiger charge is 2.31. The fourth-order valence-electron chi connectivity index (χ4n) is 3.09. The van der Waals surface area contributed by atoms with Gasteiger partial charge in [-0.25, -0.2) is 4.79 Å². The number of hydrogen-bond acceptors (Lipinski definition) is 4. The standard InChI is InChI=1S/C19H20F3N3O2/c1-2-27-18(26)24-17-6-5-15(10-16(17)23)25-8-7-12-3-4-14(19(20,21)22)9-13(12)11-25/h3-6,9-10H,2,7-8,11,23H2,1H3,(H,24,26). The first-order valence-corrected chi connectivity index (χ1v) is 8.55. The van der Waals surface area contributed by atoms with E-state index in [4.69, 9.17) is 10.5 Å². The summed E-state index contributed by atoms with van der Waals surface area (Å²) in [5, 5.41) is 2.55. The molecule has 0 fully saturated rings. The molecular formula is C19H20F3N3O2. The lowest BCUT2D eigenvalue weighted by Crippen LogP contribution is -2.30. The van der Waals surface area contributed by atoms with Crippen LogP contribution in [0.25, 0.3) is 0 Å². The minimum absolute atomic E-state index is 0.247. The zero-order valence-electron chi connectivity index (χ0n) is 14.8. The number of fused-ring (bicyclic) bond motifs is 1. The maximum Gasteiger partial charge on any atom is 0.416 e. The summed E-state index contributed by atoms with van der Waals surface area (Å²) in [5.74, 6) is 0. The average molecular weight is 379 g/mol. The van der Waals surface area contributed by atoms with Crippen molar-refractivity contribution in [3.8, 4) is 0 Å². The third kappa shape index (κ3) is 4.27. The Bertz CT molecular complexity index is 853. The van der Waals surface area contributed by atoms with E-state index in [9.17, 15) is 18.0 Å². The van der Waals surface area contributed by atoms with E-state index in [0.29, 0.717) is 36.4 Å². The van der Waals surface area contributed by atoms with E-state index in [1.165, 1.54) is 6.07 Å². The molecule has 0 aromatic heterocycles. The number of halogens is 3. The summed E-state index contributed by atoms with van der Waals surface area (Å²) in [6.07, 6.45) is -4.30. The quantitative estimate of drug-likeness (QED) is 0.775.